The molecule has 3 aromatic rings. The van der Waals surface area contributed by atoms with Crippen molar-refractivity contribution in [3.8, 4) is 6.07 Å². The summed E-state index contributed by atoms with van der Waals surface area (Å²) in [7, 11) is 1.69. The van der Waals surface area contributed by atoms with E-state index in [1.807, 2.05) is 12.1 Å². The molecule has 0 aromatic carbocycles. The predicted octanol–water partition coefficient (Wildman–Crippen LogP) is 1.70. The summed E-state index contributed by atoms with van der Waals surface area (Å²) >= 11 is 0. The molecule has 0 bridgehead atoms. The van der Waals surface area contributed by atoms with Crippen molar-refractivity contribution in [3.63, 3.8) is 0 Å². The maximum atomic E-state index is 12.4. The zero-order valence-corrected chi connectivity index (χ0v) is 14.5. The number of aromatic amines is 1. The van der Waals surface area contributed by atoms with Crippen molar-refractivity contribution in [1.82, 2.24) is 24.8 Å². The van der Waals surface area contributed by atoms with Crippen LogP contribution < -0.4 is 4.90 Å². The van der Waals surface area contributed by atoms with Crippen molar-refractivity contribution in [2.45, 2.75) is 12.8 Å². The van der Waals surface area contributed by atoms with E-state index in [4.69, 9.17) is 5.26 Å². The maximum absolute atomic E-state index is 12.4. The number of fused-ring (bicyclic) bond motifs is 3. The molecule has 0 unspecified atom stereocenters. The number of rotatable bonds is 3. The summed E-state index contributed by atoms with van der Waals surface area (Å²) < 4.78 is 0. The smallest absolute Gasteiger partial charge is 0.226 e. The molecule has 1 aliphatic heterocycles. The summed E-state index contributed by atoms with van der Waals surface area (Å²) in [4.78, 5) is 32.5. The van der Waals surface area contributed by atoms with E-state index in [0.717, 1.165) is 48.0 Å². The van der Waals surface area contributed by atoms with Gasteiger partial charge in [-0.05, 0) is 18.9 Å². The number of nitrogens with zero attached hydrogens (tertiary/aromatic N) is 6. The molecule has 3 aromatic heterocycles. The van der Waals surface area contributed by atoms with Crippen LogP contribution in [0.4, 0.5) is 5.82 Å². The molecular weight excluding hydrogens is 330 g/mol. The SMILES string of the molecule is CN(CC#N)C(=O)C1CCN(c2nc[nH]c3cnc4nccc4c23)CC1. The Morgan fingerprint density at radius 3 is 2.96 bits per heavy atom. The highest BCUT2D eigenvalue weighted by Crippen LogP contribution is 2.31. The van der Waals surface area contributed by atoms with Crippen LogP contribution in [0.2, 0.25) is 0 Å². The number of pyridine rings is 1. The van der Waals surface area contributed by atoms with E-state index in [1.54, 1.807) is 25.8 Å². The fourth-order valence-corrected chi connectivity index (χ4v) is 3.61. The van der Waals surface area contributed by atoms with Gasteiger partial charge >= 0.3 is 0 Å². The average molecular weight is 349 g/mol. The Bertz CT molecular complexity index is 998. The number of carbonyl (C=O) groups is 1. The van der Waals surface area contributed by atoms with Gasteiger partial charge in [0.05, 0.1) is 29.5 Å². The quantitative estimate of drug-likeness (QED) is 0.722. The Morgan fingerprint density at radius 2 is 2.19 bits per heavy atom. The van der Waals surface area contributed by atoms with Gasteiger partial charge < -0.3 is 14.8 Å². The molecule has 132 valence electrons. The number of piperidine rings is 1. The zero-order chi connectivity index (χ0) is 18.1. The van der Waals surface area contributed by atoms with Crippen LogP contribution in [-0.2, 0) is 4.79 Å². The number of hydrogen-bond donors (Lipinski definition) is 1. The second-order valence-corrected chi connectivity index (χ2v) is 6.57. The first-order valence-electron chi connectivity index (χ1n) is 8.62. The van der Waals surface area contributed by atoms with Crippen LogP contribution in [0.15, 0.2) is 24.8 Å². The van der Waals surface area contributed by atoms with Crippen LogP contribution in [0, 0.1) is 17.2 Å². The molecule has 1 amide bonds. The number of nitrogens with one attached hydrogen (secondary N) is 1. The van der Waals surface area contributed by atoms with Crippen molar-refractivity contribution in [1.29, 1.82) is 5.26 Å². The summed E-state index contributed by atoms with van der Waals surface area (Å²) in [5, 5.41) is 10.8. The van der Waals surface area contributed by atoms with Gasteiger partial charge in [-0.25, -0.2) is 15.0 Å². The first-order valence-corrected chi connectivity index (χ1v) is 8.62. The minimum atomic E-state index is -0.0339. The largest absolute Gasteiger partial charge is 0.356 e. The van der Waals surface area contributed by atoms with E-state index >= 15 is 0 Å². The fourth-order valence-electron chi connectivity index (χ4n) is 3.61. The van der Waals surface area contributed by atoms with Crippen molar-refractivity contribution in [2.24, 2.45) is 5.92 Å². The first-order chi connectivity index (χ1) is 12.7. The predicted molar refractivity (Wildman–Crippen MR) is 97.4 cm³/mol. The molecule has 1 N–H and O–H groups in total. The number of carbonyl (C=O) groups excluding carboxylic acids is 1. The second-order valence-electron chi connectivity index (χ2n) is 6.57. The van der Waals surface area contributed by atoms with Crippen LogP contribution >= 0.6 is 0 Å². The molecule has 1 saturated heterocycles. The summed E-state index contributed by atoms with van der Waals surface area (Å²) in [5.74, 6) is 0.918. The zero-order valence-electron chi connectivity index (χ0n) is 14.5. The van der Waals surface area contributed by atoms with E-state index in [9.17, 15) is 4.79 Å². The molecule has 8 heteroatoms. The van der Waals surface area contributed by atoms with E-state index < -0.39 is 0 Å². The Morgan fingerprint density at radius 1 is 1.38 bits per heavy atom. The van der Waals surface area contributed by atoms with E-state index in [1.165, 1.54) is 4.90 Å². The highest BCUT2D eigenvalue weighted by molar-refractivity contribution is 6.08. The van der Waals surface area contributed by atoms with Crippen molar-refractivity contribution in [2.75, 3.05) is 31.6 Å². The molecular formula is C18H19N7O. The molecule has 1 aliphatic rings. The van der Waals surface area contributed by atoms with Crippen LogP contribution in [0.1, 0.15) is 12.8 Å². The van der Waals surface area contributed by atoms with Gasteiger partial charge in [0.2, 0.25) is 5.91 Å². The van der Waals surface area contributed by atoms with Gasteiger partial charge in [0.1, 0.15) is 12.4 Å². The highest BCUT2D eigenvalue weighted by Gasteiger charge is 2.28. The third-order valence-electron chi connectivity index (χ3n) is 4.99. The maximum Gasteiger partial charge on any atom is 0.226 e. The molecule has 4 rings (SSSR count). The van der Waals surface area contributed by atoms with E-state index in [-0.39, 0.29) is 18.4 Å². The monoisotopic (exact) mass is 349 g/mol. The standard InChI is InChI=1S/C18H19N7O/c1-24(9-5-19)18(26)12-3-7-25(8-4-12)17-15-13-2-6-20-16(13)21-10-14(15)22-11-23-17/h2,6,10-12H,3-4,7-9H2,1H3,(H,22,23). The van der Waals surface area contributed by atoms with Gasteiger partial charge in [0.25, 0.3) is 0 Å². The number of aromatic nitrogens is 4. The number of nitriles is 1. The van der Waals surface area contributed by atoms with Gasteiger partial charge in [-0.1, -0.05) is 0 Å². The van der Waals surface area contributed by atoms with Gasteiger partial charge in [-0.15, -0.1) is 0 Å². The molecule has 1 fully saturated rings. The highest BCUT2D eigenvalue weighted by atomic mass is 16.2. The van der Waals surface area contributed by atoms with Crippen LogP contribution in [0.25, 0.3) is 21.9 Å². The van der Waals surface area contributed by atoms with Gasteiger partial charge in [-0.2, -0.15) is 5.26 Å². The Labute approximate surface area is 150 Å². The van der Waals surface area contributed by atoms with Gasteiger partial charge in [-0.3, -0.25) is 4.79 Å². The lowest BCUT2D eigenvalue weighted by atomic mass is 9.95. The van der Waals surface area contributed by atoms with Gasteiger partial charge in [0, 0.05) is 37.6 Å². The third kappa shape index (κ3) is 2.71. The number of anilines is 1. The van der Waals surface area contributed by atoms with Crippen LogP contribution in [0.3, 0.4) is 0 Å². The topological polar surface area (TPSA) is 102 Å². The van der Waals surface area contributed by atoms with Gasteiger partial charge in [0.15, 0.2) is 5.65 Å². The number of H-pyrrole nitrogens is 1. The summed E-state index contributed by atoms with van der Waals surface area (Å²) in [6.45, 7) is 1.64. The molecule has 0 atom stereocenters. The fraction of sp³-hybridized carbons (Fsp3) is 0.389. The summed E-state index contributed by atoms with van der Waals surface area (Å²) in [6.07, 6.45) is 6.72. The van der Waals surface area contributed by atoms with E-state index in [0.29, 0.717) is 5.65 Å². The molecule has 4 heterocycles. The Kier molecular flexibility index (Phi) is 4.13. The van der Waals surface area contributed by atoms with Crippen molar-refractivity contribution < 1.29 is 4.79 Å². The lowest BCUT2D eigenvalue weighted by Gasteiger charge is -2.34. The van der Waals surface area contributed by atoms with Crippen molar-refractivity contribution in [3.05, 3.63) is 24.8 Å². The van der Waals surface area contributed by atoms with Crippen LogP contribution in [-0.4, -0.2) is 57.4 Å². The molecule has 26 heavy (non-hydrogen) atoms. The molecule has 0 spiro atoms. The molecule has 8 nitrogen and oxygen atoms in total. The lowest BCUT2D eigenvalue weighted by Crippen LogP contribution is -2.41. The normalized spacial score (nSPS) is 15.3. The molecule has 0 radical (unpaired) electrons. The minimum Gasteiger partial charge on any atom is -0.356 e. The second kappa shape index (κ2) is 6.59. The number of hydrogen-bond acceptors (Lipinski definition) is 6. The first kappa shape index (κ1) is 16.3. The van der Waals surface area contributed by atoms with E-state index in [2.05, 4.69) is 24.8 Å². The minimum absolute atomic E-state index is 0.0339. The average Bonchev–Trinajstić information content (AvgIpc) is 3.16. The Hall–Kier alpha value is -3.21. The third-order valence-corrected chi connectivity index (χ3v) is 4.99. The molecule has 0 saturated carbocycles. The Balaban J connectivity index is 1.60. The molecule has 0 aliphatic carbocycles. The summed E-state index contributed by atoms with van der Waals surface area (Å²) in [6, 6.07) is 3.98. The van der Waals surface area contributed by atoms with Crippen LogP contribution in [0.5, 0.6) is 0 Å². The lowest BCUT2D eigenvalue weighted by molar-refractivity contribution is -0.134. The summed E-state index contributed by atoms with van der Waals surface area (Å²) in [5.41, 5.74) is 1.63. The number of amides is 1. The van der Waals surface area contributed by atoms with Crippen molar-refractivity contribution >= 4 is 33.7 Å².